The molecule has 3 heterocycles. The fourth-order valence-corrected chi connectivity index (χ4v) is 27.8. The molecule has 1 aromatic carbocycles. The first kappa shape index (κ1) is 39.7. The molecular weight excluding hydrogens is 685 g/mol. The van der Waals surface area contributed by atoms with Crippen molar-refractivity contribution in [1.29, 1.82) is 0 Å². The highest BCUT2D eigenvalue weighted by molar-refractivity contribution is 6.96. The molecule has 3 aliphatic rings. The summed E-state index contributed by atoms with van der Waals surface area (Å²) in [6.45, 7) is 24.7. The molecule has 1 aromatic rings. The molecule has 3 aliphatic heterocycles. The maximum absolute atomic E-state index is 7.42. The van der Waals surface area contributed by atoms with Gasteiger partial charge in [-0.05, 0) is 89.8 Å². The van der Waals surface area contributed by atoms with Crippen LogP contribution in [0.15, 0.2) is 30.3 Å². The Morgan fingerprint density at radius 3 is 1.26 bits per heavy atom. The Hall–Kier alpha value is -0.0956. The highest BCUT2D eigenvalue weighted by atomic mass is 28.5. The second kappa shape index (κ2) is 17.9. The van der Waals surface area contributed by atoms with Gasteiger partial charge in [0.15, 0.2) is 25.0 Å². The van der Waals surface area contributed by atoms with Crippen LogP contribution in [-0.2, 0) is 44.9 Å². The van der Waals surface area contributed by atoms with Crippen molar-refractivity contribution in [2.75, 3.05) is 59.5 Å². The summed E-state index contributed by atoms with van der Waals surface area (Å²) < 4.78 is 62.8. The summed E-state index contributed by atoms with van der Waals surface area (Å²) in [7, 11) is -12.9. The van der Waals surface area contributed by atoms with E-state index in [0.717, 1.165) is 69.0 Å². The van der Waals surface area contributed by atoms with Gasteiger partial charge in [0, 0.05) is 25.0 Å². The summed E-state index contributed by atoms with van der Waals surface area (Å²) in [6.07, 6.45) is 3.68. The van der Waals surface area contributed by atoms with Crippen LogP contribution in [0.25, 0.3) is 0 Å². The van der Waals surface area contributed by atoms with Gasteiger partial charge in [0.2, 0.25) is 0 Å². The molecule has 3 atom stereocenters. The van der Waals surface area contributed by atoms with Crippen LogP contribution >= 0.6 is 0 Å². The molecule has 15 heteroatoms. The van der Waals surface area contributed by atoms with Crippen LogP contribution in [-0.4, -0.2) is 120 Å². The second-order valence-corrected chi connectivity index (χ2v) is 35.2. The molecule has 3 fully saturated rings. The zero-order valence-corrected chi connectivity index (χ0v) is 35.3. The first-order valence-corrected chi connectivity index (χ1v) is 31.5. The molecule has 0 aromatic heterocycles. The summed E-state index contributed by atoms with van der Waals surface area (Å²) in [5, 5.41) is 1.02. The number of benzene rings is 1. The van der Waals surface area contributed by atoms with Crippen molar-refractivity contribution in [3.05, 3.63) is 30.3 Å². The van der Waals surface area contributed by atoms with Crippen LogP contribution < -0.4 is 5.19 Å². The molecule has 0 amide bonds. The molecule has 47 heavy (non-hydrogen) atoms. The molecule has 4 rings (SSSR count). The molecule has 0 bridgehead atoms. The smallest absolute Gasteiger partial charge is 0.436 e. The third kappa shape index (κ3) is 16.2. The highest BCUT2D eigenvalue weighted by Gasteiger charge is 2.55. The first-order valence-electron chi connectivity index (χ1n) is 17.6. The fraction of sp³-hybridized carbons (Fsp3) is 0.812. The minimum absolute atomic E-state index is 0.279. The molecule has 3 unspecified atom stereocenters. The average molecular weight is 747 g/mol. The quantitative estimate of drug-likeness (QED) is 0.0640. The van der Waals surface area contributed by atoms with Crippen LogP contribution in [0.4, 0.5) is 0 Å². The molecule has 3 saturated heterocycles. The summed E-state index contributed by atoms with van der Waals surface area (Å²) in [5.74, 6) is 0. The highest BCUT2D eigenvalue weighted by Crippen LogP contribution is 2.32. The van der Waals surface area contributed by atoms with Gasteiger partial charge in [0.25, 0.3) is 0 Å². The van der Waals surface area contributed by atoms with E-state index in [1.54, 1.807) is 0 Å². The lowest BCUT2D eigenvalue weighted by Crippen LogP contribution is -2.69. The molecule has 0 saturated carbocycles. The van der Waals surface area contributed by atoms with Crippen LogP contribution in [0.1, 0.15) is 19.3 Å². The standard InChI is InChI=1S/C32H62O10Si5/c1-43(2,20-12-17-33-23-29-26-36-29)39-46(7,8)42-47(32-15-10-9-11-16-32,40-44(3,4)21-13-18-34-24-30-27-37-30)41-45(5,6)22-14-19-35-25-31-28-38-31/h9-11,15-16,29-31H,12-14,17-28H2,1-8H3. The Kier molecular flexibility index (Phi) is 15.1. The number of epoxide rings is 3. The van der Waals surface area contributed by atoms with Crippen molar-refractivity contribution in [2.45, 2.75) is 108 Å². The van der Waals surface area contributed by atoms with Gasteiger partial charge in [-0.2, -0.15) is 0 Å². The van der Waals surface area contributed by atoms with E-state index in [0.29, 0.717) is 39.1 Å². The maximum atomic E-state index is 7.42. The van der Waals surface area contributed by atoms with E-state index in [1.165, 1.54) is 0 Å². The largest absolute Gasteiger partial charge is 0.507 e. The predicted octanol–water partition coefficient (Wildman–Crippen LogP) is 5.63. The van der Waals surface area contributed by atoms with E-state index in [-0.39, 0.29) is 12.2 Å². The van der Waals surface area contributed by atoms with Crippen molar-refractivity contribution < 1.29 is 44.9 Å². The Balaban J connectivity index is 1.48. The van der Waals surface area contributed by atoms with Crippen molar-refractivity contribution in [3.8, 4) is 0 Å². The molecule has 270 valence electrons. The Morgan fingerprint density at radius 1 is 0.532 bits per heavy atom. The third-order valence-electron chi connectivity index (χ3n) is 8.17. The van der Waals surface area contributed by atoms with E-state index in [2.05, 4.69) is 76.6 Å². The van der Waals surface area contributed by atoms with Crippen molar-refractivity contribution in [3.63, 3.8) is 0 Å². The summed E-state index contributed by atoms with van der Waals surface area (Å²) in [5.41, 5.74) is 0. The van der Waals surface area contributed by atoms with Crippen molar-refractivity contribution in [2.24, 2.45) is 0 Å². The maximum Gasteiger partial charge on any atom is 0.507 e. The van der Waals surface area contributed by atoms with E-state index >= 15 is 0 Å². The van der Waals surface area contributed by atoms with Gasteiger partial charge in [-0.15, -0.1) is 0 Å². The van der Waals surface area contributed by atoms with Crippen LogP contribution in [0.3, 0.4) is 0 Å². The van der Waals surface area contributed by atoms with Crippen molar-refractivity contribution in [1.82, 2.24) is 0 Å². The lowest BCUT2D eigenvalue weighted by Gasteiger charge is -2.46. The Bertz CT molecular complexity index is 1020. The number of hydrogen-bond donors (Lipinski definition) is 0. The fourth-order valence-electron chi connectivity index (χ4n) is 5.71. The number of ether oxygens (including phenoxy) is 6. The molecule has 0 radical (unpaired) electrons. The molecule has 0 N–H and O–H groups in total. The average Bonchev–Trinajstić information content (AvgIpc) is 3.81. The molecule has 10 nitrogen and oxygen atoms in total. The van der Waals surface area contributed by atoms with Crippen molar-refractivity contribution >= 4 is 47.5 Å². The van der Waals surface area contributed by atoms with Gasteiger partial charge >= 0.3 is 17.4 Å². The van der Waals surface area contributed by atoms with Gasteiger partial charge in [-0.3, -0.25) is 0 Å². The van der Waals surface area contributed by atoms with E-state index in [1.807, 2.05) is 6.07 Å². The van der Waals surface area contributed by atoms with Gasteiger partial charge in [-0.1, -0.05) is 30.3 Å². The van der Waals surface area contributed by atoms with Crippen LogP contribution in [0.5, 0.6) is 0 Å². The minimum atomic E-state index is -3.46. The lowest BCUT2D eigenvalue weighted by molar-refractivity contribution is 0.116. The SMILES string of the molecule is C[Si](C)(CCCOCC1CO1)O[Si](C)(C)O[Si](O[Si](C)(C)CCCOCC1CO1)(O[Si](C)(C)CCCOCC1CO1)c1ccccc1. The summed E-state index contributed by atoms with van der Waals surface area (Å²) in [4.78, 5) is 0. The summed E-state index contributed by atoms with van der Waals surface area (Å²) >= 11 is 0. The topological polar surface area (TPSA) is 102 Å². The van der Waals surface area contributed by atoms with Gasteiger partial charge in [-0.25, -0.2) is 0 Å². The normalized spacial score (nSPS) is 22.7. The Labute approximate surface area is 289 Å². The molecule has 0 aliphatic carbocycles. The lowest BCUT2D eigenvalue weighted by atomic mass is 10.4. The third-order valence-corrected chi connectivity index (χ3v) is 27.7. The number of hydrogen-bond acceptors (Lipinski definition) is 10. The monoisotopic (exact) mass is 746 g/mol. The zero-order valence-electron chi connectivity index (χ0n) is 30.3. The first-order chi connectivity index (χ1) is 22.2. The van der Waals surface area contributed by atoms with Gasteiger partial charge < -0.3 is 44.9 Å². The van der Waals surface area contributed by atoms with E-state index < -0.39 is 42.3 Å². The number of rotatable bonds is 27. The van der Waals surface area contributed by atoms with Crippen LogP contribution in [0, 0.1) is 0 Å². The van der Waals surface area contributed by atoms with E-state index in [4.69, 9.17) is 44.9 Å². The van der Waals surface area contributed by atoms with Crippen LogP contribution in [0.2, 0.25) is 70.5 Å². The Morgan fingerprint density at radius 2 is 0.894 bits per heavy atom. The molecule has 0 spiro atoms. The minimum Gasteiger partial charge on any atom is -0.436 e. The van der Waals surface area contributed by atoms with Gasteiger partial charge in [0.1, 0.15) is 18.3 Å². The summed E-state index contributed by atoms with van der Waals surface area (Å²) in [6, 6.07) is 13.3. The predicted molar refractivity (Wildman–Crippen MR) is 196 cm³/mol. The second-order valence-electron chi connectivity index (χ2n) is 15.4. The zero-order chi connectivity index (χ0) is 34.0. The van der Waals surface area contributed by atoms with E-state index in [9.17, 15) is 0 Å². The molecular formula is C32H62O10Si5. The van der Waals surface area contributed by atoms with Gasteiger partial charge in [0.05, 0.1) is 39.6 Å².